The van der Waals surface area contributed by atoms with Crippen LogP contribution in [0.2, 0.25) is 0 Å². The van der Waals surface area contributed by atoms with Gasteiger partial charge in [-0.15, -0.1) is 0 Å². The predicted molar refractivity (Wildman–Crippen MR) is 125 cm³/mol. The zero-order valence-corrected chi connectivity index (χ0v) is 18.5. The molecule has 3 N–H and O–H groups in total. The fourth-order valence-electron chi connectivity index (χ4n) is 3.68. The smallest absolute Gasteiger partial charge is 0.305 e. The van der Waals surface area contributed by atoms with E-state index in [0.717, 1.165) is 39.2 Å². The number of nitrogens with zero attached hydrogens (tertiary/aromatic N) is 2. The first-order chi connectivity index (χ1) is 15.2. The van der Waals surface area contributed by atoms with Crippen molar-refractivity contribution in [1.29, 1.82) is 0 Å². The molecular weight excluding hydrogens is 404 g/mol. The highest BCUT2D eigenvalue weighted by atomic mass is 16.4. The number of aryl methyl sites for hydroxylation is 3. The van der Waals surface area contributed by atoms with E-state index >= 15 is 0 Å². The van der Waals surface area contributed by atoms with Crippen molar-refractivity contribution in [2.24, 2.45) is 0 Å². The summed E-state index contributed by atoms with van der Waals surface area (Å²) in [6, 6.07) is 16.0. The number of aliphatic hydroxyl groups excluding tert-OH is 2. The molecule has 1 heterocycles. The summed E-state index contributed by atoms with van der Waals surface area (Å²) in [6.07, 6.45) is 0.699. The first kappa shape index (κ1) is 23.3. The highest BCUT2D eigenvalue weighted by Crippen LogP contribution is 2.29. The Hall–Kier alpha value is -3.35. The molecule has 2 aromatic carbocycles. The molecule has 0 bridgehead atoms. The van der Waals surface area contributed by atoms with E-state index in [1.807, 2.05) is 51.1 Å². The normalized spacial score (nSPS) is 13.3. The predicted octanol–water partition coefficient (Wildman–Crippen LogP) is 4.34. The van der Waals surface area contributed by atoms with Crippen LogP contribution in [0.5, 0.6) is 0 Å². The molecule has 0 aliphatic carbocycles. The molecule has 0 saturated heterocycles. The first-order valence-corrected chi connectivity index (χ1v) is 10.5. The maximum atomic E-state index is 10.7. The van der Waals surface area contributed by atoms with E-state index in [-0.39, 0.29) is 6.42 Å². The van der Waals surface area contributed by atoms with E-state index in [1.54, 1.807) is 12.2 Å². The number of carbonyl (C=O) groups is 1. The van der Waals surface area contributed by atoms with Crippen LogP contribution < -0.4 is 0 Å². The lowest BCUT2D eigenvalue weighted by molar-refractivity contribution is -0.139. The lowest BCUT2D eigenvalue weighted by atomic mass is 9.99. The summed E-state index contributed by atoms with van der Waals surface area (Å²) in [5, 5.41) is 28.9. The Balaban J connectivity index is 2.03. The van der Waals surface area contributed by atoms with Gasteiger partial charge in [0.25, 0.3) is 0 Å². The lowest BCUT2D eigenvalue weighted by Gasteiger charge is -2.14. The summed E-state index contributed by atoms with van der Waals surface area (Å²) in [4.78, 5) is 20.3. The molecule has 0 fully saturated rings. The largest absolute Gasteiger partial charge is 0.481 e. The zero-order valence-electron chi connectivity index (χ0n) is 18.5. The molecule has 6 nitrogen and oxygen atoms in total. The molecule has 0 spiro atoms. The molecule has 32 heavy (non-hydrogen) atoms. The van der Waals surface area contributed by atoms with E-state index < -0.39 is 24.6 Å². The van der Waals surface area contributed by atoms with Crippen LogP contribution in [0.15, 0.2) is 54.6 Å². The van der Waals surface area contributed by atoms with Gasteiger partial charge in [0, 0.05) is 28.8 Å². The molecule has 0 radical (unpaired) electrons. The van der Waals surface area contributed by atoms with Gasteiger partial charge in [-0.05, 0) is 32.9 Å². The van der Waals surface area contributed by atoms with Gasteiger partial charge in [0.15, 0.2) is 5.82 Å². The molecule has 1 aromatic heterocycles. The van der Waals surface area contributed by atoms with E-state index in [0.29, 0.717) is 5.82 Å². The van der Waals surface area contributed by atoms with Gasteiger partial charge in [0.1, 0.15) is 0 Å². The summed E-state index contributed by atoms with van der Waals surface area (Å²) >= 11 is 0. The second kappa shape index (κ2) is 10.3. The molecule has 0 saturated carbocycles. The van der Waals surface area contributed by atoms with Gasteiger partial charge in [-0.2, -0.15) is 0 Å². The third-order valence-electron chi connectivity index (χ3n) is 5.07. The molecule has 6 heteroatoms. The van der Waals surface area contributed by atoms with Gasteiger partial charge >= 0.3 is 5.97 Å². The Labute approximate surface area is 187 Å². The van der Waals surface area contributed by atoms with Gasteiger partial charge in [-0.3, -0.25) is 4.79 Å². The second-order valence-electron chi connectivity index (χ2n) is 8.05. The Morgan fingerprint density at radius 3 is 2.25 bits per heavy atom. The fourth-order valence-corrected chi connectivity index (χ4v) is 3.68. The number of hydrogen-bond acceptors (Lipinski definition) is 5. The minimum Gasteiger partial charge on any atom is -0.481 e. The molecule has 0 unspecified atom stereocenters. The summed E-state index contributed by atoms with van der Waals surface area (Å²) in [6.45, 7) is 5.96. The van der Waals surface area contributed by atoms with Crippen LogP contribution in [0.1, 0.15) is 35.2 Å². The summed E-state index contributed by atoms with van der Waals surface area (Å²) in [5.74, 6) is -0.488. The fraction of sp³-hybridized carbons (Fsp3) is 0.269. The molecule has 0 aliphatic heterocycles. The molecule has 3 rings (SSSR count). The van der Waals surface area contributed by atoms with E-state index in [1.165, 1.54) is 0 Å². The second-order valence-corrected chi connectivity index (χ2v) is 8.05. The van der Waals surface area contributed by atoms with Gasteiger partial charge in [-0.1, -0.05) is 59.7 Å². The van der Waals surface area contributed by atoms with Gasteiger partial charge in [0.2, 0.25) is 0 Å². The Morgan fingerprint density at radius 2 is 1.62 bits per heavy atom. The van der Waals surface area contributed by atoms with E-state index in [9.17, 15) is 15.0 Å². The number of aromatic nitrogens is 2. The minimum atomic E-state index is -1.12. The molecule has 3 aromatic rings. The van der Waals surface area contributed by atoms with Crippen molar-refractivity contribution in [1.82, 2.24) is 9.97 Å². The Morgan fingerprint density at radius 1 is 0.969 bits per heavy atom. The average Bonchev–Trinajstić information content (AvgIpc) is 2.71. The van der Waals surface area contributed by atoms with Crippen molar-refractivity contribution in [3.63, 3.8) is 0 Å². The van der Waals surface area contributed by atoms with Crippen molar-refractivity contribution >= 4 is 12.0 Å². The maximum absolute atomic E-state index is 10.7. The Bertz CT molecular complexity index is 1110. The minimum absolute atomic E-state index is 0.0658. The summed E-state index contributed by atoms with van der Waals surface area (Å²) in [7, 11) is 0. The number of carboxylic acids is 1. The summed E-state index contributed by atoms with van der Waals surface area (Å²) < 4.78 is 0. The molecule has 166 valence electrons. The lowest BCUT2D eigenvalue weighted by Crippen LogP contribution is -2.19. The average molecular weight is 433 g/mol. The van der Waals surface area contributed by atoms with Crippen LogP contribution in [0.4, 0.5) is 0 Å². The van der Waals surface area contributed by atoms with Gasteiger partial charge in [-0.25, -0.2) is 9.97 Å². The van der Waals surface area contributed by atoms with E-state index in [4.69, 9.17) is 10.1 Å². The van der Waals surface area contributed by atoms with Crippen molar-refractivity contribution < 1.29 is 20.1 Å². The van der Waals surface area contributed by atoms with Crippen molar-refractivity contribution in [3.8, 4) is 22.6 Å². The van der Waals surface area contributed by atoms with Crippen molar-refractivity contribution in [2.45, 2.75) is 45.8 Å². The van der Waals surface area contributed by atoms with Crippen molar-refractivity contribution in [3.05, 3.63) is 77.0 Å². The van der Waals surface area contributed by atoms with Crippen LogP contribution in [-0.4, -0.2) is 43.5 Å². The standard InChI is InChI=1S/C26H28N2O4/c1-16-11-17(2)13-20(12-16)25-23(10-9-21(29)14-22(30)15-24(31)32)18(3)27-26(28-25)19-7-5-4-6-8-19/h4-13,21-22,29-30H,14-15H2,1-3H3,(H,31,32)/b10-9+/t21-,22-/m1/s1. The third kappa shape index (κ3) is 6.09. The van der Waals surface area contributed by atoms with Crippen LogP contribution >= 0.6 is 0 Å². The van der Waals surface area contributed by atoms with Crippen LogP contribution in [0.25, 0.3) is 28.7 Å². The zero-order chi connectivity index (χ0) is 23.3. The van der Waals surface area contributed by atoms with Crippen LogP contribution in [-0.2, 0) is 4.79 Å². The van der Waals surface area contributed by atoms with E-state index in [2.05, 4.69) is 23.2 Å². The number of aliphatic carboxylic acids is 1. The highest BCUT2D eigenvalue weighted by Gasteiger charge is 2.16. The van der Waals surface area contributed by atoms with Crippen LogP contribution in [0, 0.1) is 20.8 Å². The molecule has 2 atom stereocenters. The Kier molecular flexibility index (Phi) is 7.51. The third-order valence-corrected chi connectivity index (χ3v) is 5.07. The monoisotopic (exact) mass is 432 g/mol. The SMILES string of the molecule is Cc1cc(C)cc(-c2nc(-c3ccccc3)nc(C)c2/C=C/[C@@H](O)C[C@@H](O)CC(=O)O)c1. The topological polar surface area (TPSA) is 104 Å². The van der Waals surface area contributed by atoms with Crippen LogP contribution in [0.3, 0.4) is 0 Å². The summed E-state index contributed by atoms with van der Waals surface area (Å²) in [5.41, 5.74) is 6.36. The molecular formula is C26H28N2O4. The quantitative estimate of drug-likeness (QED) is 0.489. The number of benzene rings is 2. The van der Waals surface area contributed by atoms with Gasteiger partial charge < -0.3 is 15.3 Å². The number of rotatable bonds is 8. The number of carboxylic acid groups (broad SMARTS) is 1. The molecule has 0 amide bonds. The number of aliphatic hydroxyl groups is 2. The number of hydrogen-bond donors (Lipinski definition) is 3. The maximum Gasteiger partial charge on any atom is 0.305 e. The van der Waals surface area contributed by atoms with Gasteiger partial charge in [0.05, 0.1) is 24.3 Å². The first-order valence-electron chi connectivity index (χ1n) is 10.5. The van der Waals surface area contributed by atoms with Crippen molar-refractivity contribution in [2.75, 3.05) is 0 Å². The highest BCUT2D eigenvalue weighted by molar-refractivity contribution is 5.76. The molecule has 0 aliphatic rings.